The van der Waals surface area contributed by atoms with E-state index in [1.54, 1.807) is 13.8 Å². The normalized spacial score (nSPS) is 33.4. The van der Waals surface area contributed by atoms with Crippen LogP contribution < -0.4 is 0 Å². The molecule has 8 heteroatoms. The summed E-state index contributed by atoms with van der Waals surface area (Å²) in [6.45, 7) is 14.6. The highest BCUT2D eigenvalue weighted by Crippen LogP contribution is 2.59. The summed E-state index contributed by atoms with van der Waals surface area (Å²) in [5.74, 6) is -2.48. The lowest BCUT2D eigenvalue weighted by Crippen LogP contribution is -2.62. The van der Waals surface area contributed by atoms with E-state index in [1.165, 1.54) is 14.0 Å². The summed E-state index contributed by atoms with van der Waals surface area (Å²) in [6, 6.07) is 0. The van der Waals surface area contributed by atoms with E-state index in [-0.39, 0.29) is 23.9 Å². The molecule has 2 fully saturated rings. The molecule has 30 heavy (non-hydrogen) atoms. The van der Waals surface area contributed by atoms with E-state index in [4.69, 9.17) is 19.1 Å². The Hall–Kier alpha value is -2.19. The van der Waals surface area contributed by atoms with Crippen molar-refractivity contribution in [2.45, 2.75) is 71.2 Å². The summed E-state index contributed by atoms with van der Waals surface area (Å²) in [5, 5.41) is 10.1. The van der Waals surface area contributed by atoms with E-state index in [2.05, 4.69) is 13.2 Å². The van der Waals surface area contributed by atoms with Gasteiger partial charge in [-0.2, -0.15) is 0 Å². The molecule has 0 saturated heterocycles. The molecule has 2 saturated carbocycles. The number of rotatable bonds is 6. The number of hydrogen-bond acceptors (Lipinski definition) is 8. The predicted molar refractivity (Wildman–Crippen MR) is 107 cm³/mol. The van der Waals surface area contributed by atoms with Gasteiger partial charge in [0.1, 0.15) is 17.8 Å². The average Bonchev–Trinajstić information content (AvgIpc) is 2.68. The fraction of sp³-hybridized carbons (Fsp3) is 0.682. The minimum atomic E-state index is -1.31. The van der Waals surface area contributed by atoms with Crippen molar-refractivity contribution in [2.75, 3.05) is 7.11 Å². The van der Waals surface area contributed by atoms with Crippen molar-refractivity contribution in [2.24, 2.45) is 17.3 Å². The quantitative estimate of drug-likeness (QED) is 0.173. The Morgan fingerprint density at radius 3 is 2.33 bits per heavy atom. The third-order valence-corrected chi connectivity index (χ3v) is 6.55. The Balaban J connectivity index is 2.45. The number of hydrogen-bond donors (Lipinski definition) is 1. The van der Waals surface area contributed by atoms with Crippen LogP contribution in [-0.2, 0) is 33.5 Å². The van der Waals surface area contributed by atoms with Crippen LogP contribution in [0.4, 0.5) is 0 Å². The topological polar surface area (TPSA) is 108 Å². The van der Waals surface area contributed by atoms with Crippen LogP contribution in [-0.4, -0.2) is 48.1 Å². The highest BCUT2D eigenvalue weighted by Gasteiger charge is 2.63. The summed E-state index contributed by atoms with van der Waals surface area (Å²) in [4.78, 5) is 41.2. The van der Waals surface area contributed by atoms with Gasteiger partial charge in [0.25, 0.3) is 0 Å². The third kappa shape index (κ3) is 4.16. The van der Waals surface area contributed by atoms with Gasteiger partial charge in [-0.1, -0.05) is 33.9 Å². The van der Waals surface area contributed by atoms with Gasteiger partial charge < -0.3 is 14.2 Å². The van der Waals surface area contributed by atoms with Crippen LogP contribution in [0.1, 0.15) is 53.4 Å². The highest BCUT2D eigenvalue weighted by molar-refractivity contribution is 5.88. The van der Waals surface area contributed by atoms with Gasteiger partial charge in [0.2, 0.25) is 0 Å². The van der Waals surface area contributed by atoms with Gasteiger partial charge in [-0.05, 0) is 31.3 Å². The predicted octanol–water partition coefficient (Wildman–Crippen LogP) is 3.21. The van der Waals surface area contributed by atoms with E-state index < -0.39 is 41.1 Å². The maximum atomic E-state index is 12.2. The molecule has 5 atom stereocenters. The number of methoxy groups -OCH3 is 1. The first-order valence-electron chi connectivity index (χ1n) is 10.1. The fourth-order valence-corrected chi connectivity index (χ4v) is 4.72. The van der Waals surface area contributed by atoms with Crippen LogP contribution in [0, 0.1) is 17.3 Å². The van der Waals surface area contributed by atoms with Crippen LogP contribution in [0.2, 0.25) is 0 Å². The molecule has 8 nitrogen and oxygen atoms in total. The Morgan fingerprint density at radius 2 is 1.83 bits per heavy atom. The molecule has 1 N–H and O–H groups in total. The molecule has 2 aliphatic rings. The summed E-state index contributed by atoms with van der Waals surface area (Å²) in [5.41, 5.74) is -1.47. The molecular weight excluding hydrogens is 392 g/mol. The zero-order chi connectivity index (χ0) is 22.9. The smallest absolute Gasteiger partial charge is 0.333 e. The maximum Gasteiger partial charge on any atom is 0.333 e. The molecule has 0 aliphatic heterocycles. The monoisotopic (exact) mass is 424 g/mol. The van der Waals surface area contributed by atoms with Crippen molar-refractivity contribution in [1.29, 1.82) is 0 Å². The van der Waals surface area contributed by atoms with Crippen molar-refractivity contribution < 1.29 is 38.7 Å². The van der Waals surface area contributed by atoms with Crippen LogP contribution in [0.15, 0.2) is 24.3 Å². The standard InChI is InChI=1S/C22H32O8/c1-12(2)19(24)29-17-8-9-21(6)11-18(28-15(5)23)16(13(3)20(25)27-7)10-22(21,30-26)14(17)4/h12,16-18,26H,3-4,8-11H2,1-2,5-7H3. The molecule has 2 rings (SSSR count). The fourth-order valence-electron chi connectivity index (χ4n) is 4.72. The molecule has 0 aromatic carbocycles. The minimum absolute atomic E-state index is 0.0699. The number of ether oxygens (including phenoxy) is 3. The Kier molecular flexibility index (Phi) is 7.14. The van der Waals surface area contributed by atoms with Gasteiger partial charge in [0, 0.05) is 23.8 Å². The lowest BCUT2D eigenvalue weighted by Gasteiger charge is -2.58. The zero-order valence-corrected chi connectivity index (χ0v) is 18.4. The van der Waals surface area contributed by atoms with E-state index >= 15 is 0 Å². The van der Waals surface area contributed by atoms with Crippen molar-refractivity contribution >= 4 is 17.9 Å². The van der Waals surface area contributed by atoms with Crippen molar-refractivity contribution in [3.05, 3.63) is 24.3 Å². The van der Waals surface area contributed by atoms with Gasteiger partial charge >= 0.3 is 17.9 Å². The van der Waals surface area contributed by atoms with E-state index in [9.17, 15) is 19.6 Å². The van der Waals surface area contributed by atoms with Crippen molar-refractivity contribution in [3.63, 3.8) is 0 Å². The molecule has 0 aromatic heterocycles. The summed E-state index contributed by atoms with van der Waals surface area (Å²) in [7, 11) is 1.24. The van der Waals surface area contributed by atoms with Crippen molar-refractivity contribution in [1.82, 2.24) is 0 Å². The number of carbonyl (C=O) groups excluding carboxylic acids is 3. The molecule has 0 spiro atoms. The number of fused-ring (bicyclic) bond motifs is 1. The molecule has 5 unspecified atom stereocenters. The first kappa shape index (κ1) is 24.1. The first-order chi connectivity index (χ1) is 13.9. The van der Waals surface area contributed by atoms with Crippen LogP contribution in [0.25, 0.3) is 0 Å². The van der Waals surface area contributed by atoms with Crippen LogP contribution in [0.5, 0.6) is 0 Å². The molecule has 0 bridgehead atoms. The number of carbonyl (C=O) groups is 3. The molecule has 168 valence electrons. The Bertz CT molecular complexity index is 741. The largest absolute Gasteiger partial charge is 0.466 e. The molecule has 0 aromatic rings. The lowest BCUT2D eigenvalue weighted by atomic mass is 9.52. The van der Waals surface area contributed by atoms with Gasteiger partial charge in [-0.15, -0.1) is 0 Å². The summed E-state index contributed by atoms with van der Waals surface area (Å²) < 4.78 is 15.9. The summed E-state index contributed by atoms with van der Waals surface area (Å²) in [6.07, 6.45) is 0.104. The second-order valence-electron chi connectivity index (χ2n) is 8.80. The summed E-state index contributed by atoms with van der Waals surface area (Å²) >= 11 is 0. The minimum Gasteiger partial charge on any atom is -0.466 e. The van der Waals surface area contributed by atoms with Gasteiger partial charge in [0.15, 0.2) is 0 Å². The third-order valence-electron chi connectivity index (χ3n) is 6.55. The van der Waals surface area contributed by atoms with Crippen molar-refractivity contribution in [3.8, 4) is 0 Å². The van der Waals surface area contributed by atoms with Gasteiger partial charge in [-0.25, -0.2) is 9.68 Å². The molecule has 0 heterocycles. The van der Waals surface area contributed by atoms with E-state index in [0.717, 1.165) is 0 Å². The first-order valence-corrected chi connectivity index (χ1v) is 10.1. The molecular formula is C22H32O8. The average molecular weight is 424 g/mol. The van der Waals surface area contributed by atoms with Crippen LogP contribution >= 0.6 is 0 Å². The second-order valence-corrected chi connectivity index (χ2v) is 8.80. The molecule has 0 radical (unpaired) electrons. The maximum absolute atomic E-state index is 12.2. The highest BCUT2D eigenvalue weighted by atomic mass is 17.1. The van der Waals surface area contributed by atoms with E-state index in [0.29, 0.717) is 24.8 Å². The van der Waals surface area contributed by atoms with E-state index in [1.807, 2.05) is 6.92 Å². The Labute approximate surface area is 177 Å². The lowest BCUT2D eigenvalue weighted by molar-refractivity contribution is -0.362. The van der Waals surface area contributed by atoms with Crippen LogP contribution in [0.3, 0.4) is 0 Å². The molecule has 0 amide bonds. The second kappa shape index (κ2) is 8.89. The molecule has 2 aliphatic carbocycles. The number of esters is 3. The van der Waals surface area contributed by atoms with Gasteiger partial charge in [-0.3, -0.25) is 14.8 Å². The zero-order valence-electron chi connectivity index (χ0n) is 18.4. The Morgan fingerprint density at radius 1 is 1.20 bits per heavy atom. The SMILES string of the molecule is C=C(C(=O)OC)C1CC2(OO)C(=C)C(OC(=O)C(C)C)CCC2(C)CC1OC(C)=O. The van der Waals surface area contributed by atoms with Gasteiger partial charge in [0.05, 0.1) is 13.0 Å².